The van der Waals surface area contributed by atoms with Crippen molar-refractivity contribution in [2.24, 2.45) is 5.92 Å². The second kappa shape index (κ2) is 6.13. The van der Waals surface area contributed by atoms with Crippen LogP contribution >= 0.6 is 11.8 Å². The van der Waals surface area contributed by atoms with Gasteiger partial charge in [-0.15, -0.1) is 11.8 Å². The SMILES string of the molecule is Cc1nc(CC2CCCN(C(=O)C3CSCN3)C2)no1. The lowest BCUT2D eigenvalue weighted by Crippen LogP contribution is -2.49. The van der Waals surface area contributed by atoms with Crippen molar-refractivity contribution in [3.05, 3.63) is 11.7 Å². The second-order valence-electron chi connectivity index (χ2n) is 5.50. The van der Waals surface area contributed by atoms with Gasteiger partial charge in [0.25, 0.3) is 0 Å². The monoisotopic (exact) mass is 296 g/mol. The van der Waals surface area contributed by atoms with Crippen LogP contribution in [0, 0.1) is 12.8 Å². The van der Waals surface area contributed by atoms with Gasteiger partial charge < -0.3 is 9.42 Å². The van der Waals surface area contributed by atoms with Gasteiger partial charge in [0, 0.05) is 38.1 Å². The first-order valence-electron chi connectivity index (χ1n) is 7.11. The largest absolute Gasteiger partial charge is 0.341 e. The van der Waals surface area contributed by atoms with Crippen LogP contribution in [0.25, 0.3) is 0 Å². The third kappa shape index (κ3) is 3.15. The van der Waals surface area contributed by atoms with Crippen molar-refractivity contribution in [2.45, 2.75) is 32.2 Å². The molecule has 1 N–H and O–H groups in total. The van der Waals surface area contributed by atoms with Crippen LogP contribution < -0.4 is 5.32 Å². The van der Waals surface area contributed by atoms with Gasteiger partial charge in [0.15, 0.2) is 5.82 Å². The number of aryl methyl sites for hydroxylation is 1. The summed E-state index contributed by atoms with van der Waals surface area (Å²) in [4.78, 5) is 18.7. The van der Waals surface area contributed by atoms with Crippen molar-refractivity contribution in [1.82, 2.24) is 20.4 Å². The van der Waals surface area contributed by atoms with Gasteiger partial charge in [0.1, 0.15) is 0 Å². The molecule has 0 saturated carbocycles. The van der Waals surface area contributed by atoms with Gasteiger partial charge >= 0.3 is 0 Å². The summed E-state index contributed by atoms with van der Waals surface area (Å²) in [5.74, 6) is 3.84. The standard InChI is InChI=1S/C13H20N4O2S/c1-9-15-12(16-19-9)5-10-3-2-4-17(6-10)13(18)11-7-20-8-14-11/h10-11,14H,2-8H2,1H3. The number of hydrogen-bond donors (Lipinski definition) is 1. The van der Waals surface area contributed by atoms with E-state index in [9.17, 15) is 4.79 Å². The molecule has 6 nitrogen and oxygen atoms in total. The van der Waals surface area contributed by atoms with E-state index in [2.05, 4.69) is 15.5 Å². The molecular formula is C13H20N4O2S. The summed E-state index contributed by atoms with van der Waals surface area (Å²) < 4.78 is 5.01. The summed E-state index contributed by atoms with van der Waals surface area (Å²) in [5, 5.41) is 7.21. The zero-order valence-corrected chi connectivity index (χ0v) is 12.5. The highest BCUT2D eigenvalue weighted by molar-refractivity contribution is 7.99. The number of aromatic nitrogens is 2. The lowest BCUT2D eigenvalue weighted by Gasteiger charge is -2.33. The molecule has 2 fully saturated rings. The van der Waals surface area contributed by atoms with E-state index in [1.807, 2.05) is 4.90 Å². The van der Waals surface area contributed by atoms with E-state index >= 15 is 0 Å². The first kappa shape index (κ1) is 13.9. The predicted octanol–water partition coefficient (Wildman–Crippen LogP) is 0.822. The zero-order chi connectivity index (χ0) is 13.9. The number of nitrogens with one attached hydrogen (secondary N) is 1. The average Bonchev–Trinajstić information content (AvgIpc) is 3.10. The summed E-state index contributed by atoms with van der Waals surface area (Å²) >= 11 is 1.79. The van der Waals surface area contributed by atoms with Gasteiger partial charge in [-0.2, -0.15) is 4.98 Å². The quantitative estimate of drug-likeness (QED) is 0.890. The zero-order valence-electron chi connectivity index (χ0n) is 11.7. The van der Waals surface area contributed by atoms with Crippen molar-refractivity contribution in [1.29, 1.82) is 0 Å². The first-order valence-corrected chi connectivity index (χ1v) is 8.27. The molecule has 2 saturated heterocycles. The molecule has 110 valence electrons. The fourth-order valence-electron chi connectivity index (χ4n) is 2.89. The average molecular weight is 296 g/mol. The van der Waals surface area contributed by atoms with Crippen LogP contribution in [0.2, 0.25) is 0 Å². The summed E-state index contributed by atoms with van der Waals surface area (Å²) in [5.41, 5.74) is 0. The minimum atomic E-state index is 0.00571. The summed E-state index contributed by atoms with van der Waals surface area (Å²) in [6, 6.07) is 0.00571. The smallest absolute Gasteiger partial charge is 0.240 e. The van der Waals surface area contributed by atoms with Crippen molar-refractivity contribution >= 4 is 17.7 Å². The van der Waals surface area contributed by atoms with E-state index in [0.717, 1.165) is 49.8 Å². The van der Waals surface area contributed by atoms with Crippen LogP contribution in [0.1, 0.15) is 24.6 Å². The Kier molecular flexibility index (Phi) is 4.26. The number of rotatable bonds is 3. The number of hydrogen-bond acceptors (Lipinski definition) is 6. The van der Waals surface area contributed by atoms with E-state index < -0.39 is 0 Å². The summed E-state index contributed by atoms with van der Waals surface area (Å²) in [6.07, 6.45) is 2.99. The van der Waals surface area contributed by atoms with Gasteiger partial charge in [-0.05, 0) is 18.8 Å². The Balaban J connectivity index is 1.57. The molecule has 2 aliphatic heterocycles. The van der Waals surface area contributed by atoms with E-state index in [1.54, 1.807) is 18.7 Å². The number of likely N-dealkylation sites (tertiary alicyclic amines) is 1. The normalized spacial score (nSPS) is 26.9. The third-order valence-corrected chi connectivity index (χ3v) is 4.83. The minimum absolute atomic E-state index is 0.00571. The van der Waals surface area contributed by atoms with Crippen molar-refractivity contribution in [2.75, 3.05) is 24.7 Å². The molecule has 1 amide bonds. The summed E-state index contributed by atoms with van der Waals surface area (Å²) in [6.45, 7) is 3.50. The molecule has 2 unspecified atom stereocenters. The van der Waals surface area contributed by atoms with Crippen LogP contribution in [0.5, 0.6) is 0 Å². The molecule has 20 heavy (non-hydrogen) atoms. The molecule has 3 rings (SSSR count). The van der Waals surface area contributed by atoms with E-state index in [1.165, 1.54) is 0 Å². The molecule has 1 aromatic heterocycles. The molecule has 0 aliphatic carbocycles. The number of carbonyl (C=O) groups excluding carboxylic acids is 1. The third-order valence-electron chi connectivity index (χ3n) is 3.89. The fourth-order valence-corrected chi connectivity index (χ4v) is 3.82. The Labute approximate surface area is 122 Å². The van der Waals surface area contributed by atoms with Crippen molar-refractivity contribution < 1.29 is 9.32 Å². The molecule has 1 aromatic rings. The van der Waals surface area contributed by atoms with Gasteiger partial charge in [-0.1, -0.05) is 5.16 Å². The molecule has 0 spiro atoms. The van der Waals surface area contributed by atoms with E-state index in [4.69, 9.17) is 4.52 Å². The van der Waals surface area contributed by atoms with E-state index in [-0.39, 0.29) is 11.9 Å². The highest BCUT2D eigenvalue weighted by Gasteiger charge is 2.31. The molecule has 2 aliphatic rings. The lowest BCUT2D eigenvalue weighted by atomic mass is 9.94. The highest BCUT2D eigenvalue weighted by Crippen LogP contribution is 2.22. The van der Waals surface area contributed by atoms with Crippen LogP contribution in [0.3, 0.4) is 0 Å². The number of piperidine rings is 1. The topological polar surface area (TPSA) is 71.3 Å². The van der Waals surface area contributed by atoms with Gasteiger partial charge in [0.2, 0.25) is 11.8 Å². The Morgan fingerprint density at radius 2 is 2.50 bits per heavy atom. The molecule has 0 radical (unpaired) electrons. The maximum atomic E-state index is 12.4. The Bertz CT molecular complexity index is 473. The van der Waals surface area contributed by atoms with Crippen molar-refractivity contribution in [3.63, 3.8) is 0 Å². The number of carbonyl (C=O) groups is 1. The second-order valence-corrected chi connectivity index (χ2v) is 6.53. The highest BCUT2D eigenvalue weighted by atomic mass is 32.2. The Hall–Kier alpha value is -1.08. The molecular weight excluding hydrogens is 276 g/mol. The predicted molar refractivity (Wildman–Crippen MR) is 76.3 cm³/mol. The Morgan fingerprint density at radius 3 is 3.20 bits per heavy atom. The maximum Gasteiger partial charge on any atom is 0.240 e. The molecule has 0 bridgehead atoms. The van der Waals surface area contributed by atoms with Crippen molar-refractivity contribution in [3.8, 4) is 0 Å². The first-order chi connectivity index (χ1) is 9.72. The summed E-state index contributed by atoms with van der Waals surface area (Å²) in [7, 11) is 0. The fraction of sp³-hybridized carbons (Fsp3) is 0.769. The van der Waals surface area contributed by atoms with Gasteiger partial charge in [-0.25, -0.2) is 0 Å². The lowest BCUT2D eigenvalue weighted by molar-refractivity contribution is -0.134. The molecule has 3 heterocycles. The maximum absolute atomic E-state index is 12.4. The van der Waals surface area contributed by atoms with Crippen LogP contribution in [-0.2, 0) is 11.2 Å². The van der Waals surface area contributed by atoms with Gasteiger partial charge in [0.05, 0.1) is 6.04 Å². The van der Waals surface area contributed by atoms with Gasteiger partial charge in [-0.3, -0.25) is 10.1 Å². The Morgan fingerprint density at radius 1 is 1.60 bits per heavy atom. The number of amides is 1. The van der Waals surface area contributed by atoms with Crippen LogP contribution in [0.4, 0.5) is 0 Å². The van der Waals surface area contributed by atoms with Crippen LogP contribution in [0.15, 0.2) is 4.52 Å². The number of nitrogens with zero attached hydrogens (tertiary/aromatic N) is 3. The van der Waals surface area contributed by atoms with Crippen LogP contribution in [-0.4, -0.2) is 51.7 Å². The molecule has 2 atom stereocenters. The number of thioether (sulfide) groups is 1. The molecule has 7 heteroatoms. The molecule has 0 aromatic carbocycles. The minimum Gasteiger partial charge on any atom is -0.341 e. The van der Waals surface area contributed by atoms with E-state index in [0.29, 0.717) is 11.8 Å².